The van der Waals surface area contributed by atoms with E-state index in [4.69, 9.17) is 28.1 Å². The SMILES string of the molecule is COc1cc(CCc2c(OC)cc3c(c2OC)OCO3)oc(=O)c1. The Morgan fingerprint density at radius 3 is 2.54 bits per heavy atom. The van der Waals surface area contributed by atoms with E-state index in [0.29, 0.717) is 47.3 Å². The first-order valence-electron chi connectivity index (χ1n) is 7.37. The van der Waals surface area contributed by atoms with Gasteiger partial charge < -0.3 is 28.1 Å². The lowest BCUT2D eigenvalue weighted by Crippen LogP contribution is -2.04. The van der Waals surface area contributed by atoms with Gasteiger partial charge in [0.1, 0.15) is 17.3 Å². The highest BCUT2D eigenvalue weighted by Crippen LogP contribution is 2.48. The van der Waals surface area contributed by atoms with E-state index < -0.39 is 5.63 Å². The summed E-state index contributed by atoms with van der Waals surface area (Å²) in [6.45, 7) is 0.142. The fourth-order valence-electron chi connectivity index (χ4n) is 2.66. The molecular formula is C17H18O7. The van der Waals surface area contributed by atoms with Crippen LogP contribution in [0.5, 0.6) is 28.7 Å². The molecule has 0 aliphatic carbocycles. The molecule has 2 aromatic rings. The monoisotopic (exact) mass is 334 g/mol. The van der Waals surface area contributed by atoms with Crippen molar-refractivity contribution >= 4 is 0 Å². The Bertz CT molecular complexity index is 794. The highest BCUT2D eigenvalue weighted by molar-refractivity contribution is 5.62. The number of hydrogen-bond donors (Lipinski definition) is 0. The summed E-state index contributed by atoms with van der Waals surface area (Å²) in [7, 11) is 4.64. The lowest BCUT2D eigenvalue weighted by Gasteiger charge is -2.15. The van der Waals surface area contributed by atoms with Gasteiger partial charge in [0, 0.05) is 24.1 Å². The zero-order valence-electron chi connectivity index (χ0n) is 13.7. The van der Waals surface area contributed by atoms with E-state index >= 15 is 0 Å². The van der Waals surface area contributed by atoms with E-state index in [2.05, 4.69) is 0 Å². The largest absolute Gasteiger partial charge is 0.496 e. The van der Waals surface area contributed by atoms with Crippen molar-refractivity contribution in [1.29, 1.82) is 0 Å². The third kappa shape index (κ3) is 2.97. The van der Waals surface area contributed by atoms with Crippen LogP contribution in [0.1, 0.15) is 11.3 Å². The first kappa shape index (κ1) is 16.0. The molecule has 0 spiro atoms. The van der Waals surface area contributed by atoms with Gasteiger partial charge >= 0.3 is 5.63 Å². The summed E-state index contributed by atoms with van der Waals surface area (Å²) in [5.74, 6) is 3.31. The van der Waals surface area contributed by atoms with E-state index in [9.17, 15) is 4.79 Å². The van der Waals surface area contributed by atoms with Crippen molar-refractivity contribution in [3.8, 4) is 28.7 Å². The number of ether oxygens (including phenoxy) is 5. The average molecular weight is 334 g/mol. The van der Waals surface area contributed by atoms with Crippen molar-refractivity contribution in [1.82, 2.24) is 0 Å². The minimum Gasteiger partial charge on any atom is -0.496 e. The van der Waals surface area contributed by atoms with E-state index in [-0.39, 0.29) is 6.79 Å². The summed E-state index contributed by atoms with van der Waals surface area (Å²) in [6, 6.07) is 4.75. The Morgan fingerprint density at radius 2 is 1.83 bits per heavy atom. The molecule has 0 fully saturated rings. The van der Waals surface area contributed by atoms with Crippen molar-refractivity contribution in [2.24, 2.45) is 0 Å². The first-order valence-corrected chi connectivity index (χ1v) is 7.37. The molecule has 24 heavy (non-hydrogen) atoms. The van der Waals surface area contributed by atoms with E-state index in [1.165, 1.54) is 13.2 Å². The topological polar surface area (TPSA) is 76.4 Å². The predicted octanol–water partition coefficient (Wildman–Crippen LogP) is 2.18. The fourth-order valence-corrected chi connectivity index (χ4v) is 2.66. The van der Waals surface area contributed by atoms with Crippen molar-refractivity contribution in [2.75, 3.05) is 28.1 Å². The smallest absolute Gasteiger partial charge is 0.339 e. The number of hydrogen-bond acceptors (Lipinski definition) is 7. The molecule has 0 radical (unpaired) electrons. The molecule has 0 N–H and O–H groups in total. The second kappa shape index (κ2) is 6.74. The van der Waals surface area contributed by atoms with E-state index in [1.54, 1.807) is 26.4 Å². The summed E-state index contributed by atoms with van der Waals surface area (Å²) in [5.41, 5.74) is 0.365. The molecule has 1 aromatic heterocycles. The number of methoxy groups -OCH3 is 3. The second-order valence-electron chi connectivity index (χ2n) is 5.11. The van der Waals surface area contributed by atoms with Gasteiger partial charge in [-0.1, -0.05) is 0 Å². The molecule has 0 bridgehead atoms. The Labute approximate surface area is 138 Å². The standard InChI is InChI=1S/C17H18O7/c1-19-11-6-10(24-15(18)7-11)4-5-12-13(20-2)8-14-17(16(12)21-3)23-9-22-14/h6-8H,4-5,9H2,1-3H3. The molecular weight excluding hydrogens is 316 g/mol. The number of fused-ring (bicyclic) bond motifs is 1. The minimum absolute atomic E-state index is 0.142. The first-order chi connectivity index (χ1) is 11.7. The van der Waals surface area contributed by atoms with E-state index in [0.717, 1.165) is 5.56 Å². The quantitative estimate of drug-likeness (QED) is 0.801. The third-order valence-electron chi connectivity index (χ3n) is 3.76. The molecule has 0 amide bonds. The lowest BCUT2D eigenvalue weighted by molar-refractivity contribution is 0.171. The van der Waals surface area contributed by atoms with Crippen molar-refractivity contribution in [2.45, 2.75) is 12.8 Å². The molecule has 0 unspecified atom stereocenters. The van der Waals surface area contributed by atoms with Crippen LogP contribution in [0.3, 0.4) is 0 Å². The molecule has 3 rings (SSSR count). The van der Waals surface area contributed by atoms with E-state index in [1.807, 2.05) is 0 Å². The zero-order chi connectivity index (χ0) is 17.1. The van der Waals surface area contributed by atoms with Gasteiger partial charge in [0.2, 0.25) is 12.5 Å². The van der Waals surface area contributed by atoms with Crippen molar-refractivity contribution < 1.29 is 28.1 Å². The van der Waals surface area contributed by atoms with Gasteiger partial charge in [-0.2, -0.15) is 0 Å². The van der Waals surface area contributed by atoms with Gasteiger partial charge in [0.15, 0.2) is 11.5 Å². The molecule has 7 nitrogen and oxygen atoms in total. The zero-order valence-corrected chi connectivity index (χ0v) is 13.7. The summed E-state index contributed by atoms with van der Waals surface area (Å²) in [5, 5.41) is 0. The van der Waals surface area contributed by atoms with Crippen LogP contribution in [0.15, 0.2) is 27.4 Å². The van der Waals surface area contributed by atoms with Crippen LogP contribution >= 0.6 is 0 Å². The normalized spacial score (nSPS) is 12.1. The molecule has 1 aliphatic heterocycles. The van der Waals surface area contributed by atoms with Gasteiger partial charge in [0.25, 0.3) is 0 Å². The summed E-state index contributed by atoms with van der Waals surface area (Å²) < 4.78 is 32.1. The Balaban J connectivity index is 1.92. The molecule has 2 heterocycles. The van der Waals surface area contributed by atoms with Gasteiger partial charge in [-0.25, -0.2) is 4.79 Å². The van der Waals surface area contributed by atoms with Crippen molar-refractivity contribution in [3.05, 3.63) is 39.9 Å². The highest BCUT2D eigenvalue weighted by Gasteiger charge is 2.25. The molecule has 0 saturated carbocycles. The highest BCUT2D eigenvalue weighted by atomic mass is 16.7. The van der Waals surface area contributed by atoms with Crippen LogP contribution in [0.25, 0.3) is 0 Å². The summed E-state index contributed by atoms with van der Waals surface area (Å²) in [6.07, 6.45) is 0.998. The molecule has 1 aliphatic rings. The number of rotatable bonds is 6. The van der Waals surface area contributed by atoms with Gasteiger partial charge in [0.05, 0.1) is 27.4 Å². The van der Waals surface area contributed by atoms with Crippen LogP contribution in [0.2, 0.25) is 0 Å². The third-order valence-corrected chi connectivity index (χ3v) is 3.76. The van der Waals surface area contributed by atoms with Crippen LogP contribution in [0.4, 0.5) is 0 Å². The van der Waals surface area contributed by atoms with Gasteiger partial charge in [-0.3, -0.25) is 0 Å². The van der Waals surface area contributed by atoms with Crippen LogP contribution in [0, 0.1) is 0 Å². The maximum Gasteiger partial charge on any atom is 0.339 e. The molecule has 128 valence electrons. The molecule has 0 saturated heterocycles. The summed E-state index contributed by atoms with van der Waals surface area (Å²) >= 11 is 0. The fraction of sp³-hybridized carbons (Fsp3) is 0.353. The van der Waals surface area contributed by atoms with Gasteiger partial charge in [-0.05, 0) is 6.42 Å². The predicted molar refractivity (Wildman–Crippen MR) is 84.6 cm³/mol. The molecule has 0 atom stereocenters. The maximum atomic E-state index is 11.5. The van der Waals surface area contributed by atoms with Crippen LogP contribution < -0.4 is 29.3 Å². The molecule has 1 aromatic carbocycles. The number of aryl methyl sites for hydroxylation is 1. The number of benzene rings is 1. The van der Waals surface area contributed by atoms with Gasteiger partial charge in [-0.15, -0.1) is 0 Å². The maximum absolute atomic E-state index is 11.5. The Morgan fingerprint density at radius 1 is 1.00 bits per heavy atom. The Hall–Kier alpha value is -2.83. The average Bonchev–Trinajstić information content (AvgIpc) is 3.06. The van der Waals surface area contributed by atoms with Crippen molar-refractivity contribution in [3.63, 3.8) is 0 Å². The summed E-state index contributed by atoms with van der Waals surface area (Å²) in [4.78, 5) is 11.5. The minimum atomic E-state index is -0.450. The second-order valence-corrected chi connectivity index (χ2v) is 5.11. The lowest BCUT2D eigenvalue weighted by atomic mass is 10.0. The Kier molecular flexibility index (Phi) is 4.50. The van der Waals surface area contributed by atoms with Crippen LogP contribution in [-0.4, -0.2) is 28.1 Å². The molecule has 7 heteroatoms. The van der Waals surface area contributed by atoms with Crippen LogP contribution in [-0.2, 0) is 12.8 Å².